The molecule has 0 radical (unpaired) electrons. The number of carbonyl (C=O) groups is 1. The van der Waals surface area contributed by atoms with Gasteiger partial charge in [-0.3, -0.25) is 4.79 Å². The Morgan fingerprint density at radius 3 is 2.83 bits per heavy atom. The number of hydrogen-bond donors (Lipinski definition) is 1. The molecule has 1 aliphatic rings. The van der Waals surface area contributed by atoms with E-state index in [4.69, 9.17) is 0 Å². The maximum Gasteiger partial charge on any atom is 0.257 e. The van der Waals surface area contributed by atoms with Crippen LogP contribution in [0.3, 0.4) is 0 Å². The summed E-state index contributed by atoms with van der Waals surface area (Å²) in [6, 6.07) is 7.12. The number of phenols is 1. The zero-order valence-corrected chi connectivity index (χ0v) is 11.0. The summed E-state index contributed by atoms with van der Waals surface area (Å²) in [5, 5.41) is 9.68. The Balaban J connectivity index is 2.03. The summed E-state index contributed by atoms with van der Waals surface area (Å²) in [4.78, 5) is 16.2. The molecule has 1 aliphatic heterocycles. The van der Waals surface area contributed by atoms with E-state index in [1.54, 1.807) is 36.2 Å². The number of phenolic OH excluding ortho intramolecular Hbond substituents is 1. The number of likely N-dealkylation sites (tertiary alicyclic amines) is 1. The van der Waals surface area contributed by atoms with Crippen molar-refractivity contribution in [2.24, 2.45) is 0 Å². The summed E-state index contributed by atoms with van der Waals surface area (Å²) >= 11 is 0. The third kappa shape index (κ3) is 2.64. The van der Waals surface area contributed by atoms with E-state index in [1.165, 1.54) is 6.42 Å². The zero-order valence-electron chi connectivity index (χ0n) is 11.0. The van der Waals surface area contributed by atoms with E-state index in [9.17, 15) is 9.90 Å². The Morgan fingerprint density at radius 1 is 1.50 bits per heavy atom. The highest BCUT2D eigenvalue weighted by atomic mass is 16.3. The minimum atomic E-state index is -0.117. The van der Waals surface area contributed by atoms with Gasteiger partial charge in [0.1, 0.15) is 5.75 Å². The summed E-state index contributed by atoms with van der Waals surface area (Å²) in [7, 11) is 3.89. The third-order valence-electron chi connectivity index (χ3n) is 3.64. The molecule has 1 aromatic rings. The Bertz CT molecular complexity index is 434. The van der Waals surface area contributed by atoms with Crippen molar-refractivity contribution in [3.8, 4) is 5.75 Å². The molecule has 1 atom stereocenters. The van der Waals surface area contributed by atoms with Crippen LogP contribution in [0.5, 0.6) is 5.75 Å². The summed E-state index contributed by atoms with van der Waals surface area (Å²) in [6.07, 6.45) is 2.33. The molecule has 2 rings (SSSR count). The molecule has 1 amide bonds. The van der Waals surface area contributed by atoms with Crippen LogP contribution in [0.15, 0.2) is 24.3 Å². The number of carbonyl (C=O) groups excluding carboxylic acids is 1. The Morgan fingerprint density at radius 2 is 2.22 bits per heavy atom. The molecule has 4 nitrogen and oxygen atoms in total. The number of para-hydroxylation sites is 1. The predicted octanol–water partition coefficient (Wildman–Crippen LogP) is 1.56. The van der Waals surface area contributed by atoms with Gasteiger partial charge in [-0.2, -0.15) is 0 Å². The fourth-order valence-corrected chi connectivity index (χ4v) is 2.47. The van der Waals surface area contributed by atoms with Gasteiger partial charge in [0.15, 0.2) is 0 Å². The zero-order chi connectivity index (χ0) is 13.1. The lowest BCUT2D eigenvalue weighted by Gasteiger charge is -2.26. The SMILES string of the molecule is CN(CC1CCCN1C)C(=O)c1ccccc1O. The maximum atomic E-state index is 12.2. The average Bonchev–Trinajstić information content (AvgIpc) is 2.75. The standard InChI is InChI=1S/C14H20N2O2/c1-15-9-5-6-11(15)10-16(2)14(18)12-7-3-4-8-13(12)17/h3-4,7-8,11,17H,5-6,9-10H2,1-2H3. The lowest BCUT2D eigenvalue weighted by atomic mass is 10.1. The molecule has 1 N–H and O–H groups in total. The molecule has 4 heteroatoms. The van der Waals surface area contributed by atoms with Crippen molar-refractivity contribution in [3.05, 3.63) is 29.8 Å². The lowest BCUT2D eigenvalue weighted by Crippen LogP contribution is -2.39. The second-order valence-electron chi connectivity index (χ2n) is 4.98. The van der Waals surface area contributed by atoms with Gasteiger partial charge < -0.3 is 14.9 Å². The van der Waals surface area contributed by atoms with Gasteiger partial charge in [0.05, 0.1) is 5.56 Å². The van der Waals surface area contributed by atoms with Gasteiger partial charge in [-0.15, -0.1) is 0 Å². The second kappa shape index (κ2) is 5.40. The molecule has 0 aromatic heterocycles. The molecular formula is C14H20N2O2. The molecule has 0 saturated carbocycles. The number of likely N-dealkylation sites (N-methyl/N-ethyl adjacent to an activating group) is 2. The van der Waals surface area contributed by atoms with Crippen molar-refractivity contribution in [1.82, 2.24) is 9.80 Å². The first-order valence-electron chi connectivity index (χ1n) is 6.33. The van der Waals surface area contributed by atoms with Crippen LogP contribution >= 0.6 is 0 Å². The summed E-state index contributed by atoms with van der Waals surface area (Å²) < 4.78 is 0. The van der Waals surface area contributed by atoms with E-state index >= 15 is 0 Å². The van der Waals surface area contributed by atoms with Crippen LogP contribution in [0, 0.1) is 0 Å². The molecule has 98 valence electrons. The van der Waals surface area contributed by atoms with E-state index < -0.39 is 0 Å². The van der Waals surface area contributed by atoms with Gasteiger partial charge in [0.25, 0.3) is 5.91 Å². The largest absolute Gasteiger partial charge is 0.507 e. The van der Waals surface area contributed by atoms with Gasteiger partial charge in [0, 0.05) is 19.6 Å². The maximum absolute atomic E-state index is 12.2. The van der Waals surface area contributed by atoms with Crippen LogP contribution in [0.1, 0.15) is 23.2 Å². The van der Waals surface area contributed by atoms with E-state index in [1.807, 2.05) is 0 Å². The van der Waals surface area contributed by atoms with E-state index in [-0.39, 0.29) is 11.7 Å². The fourth-order valence-electron chi connectivity index (χ4n) is 2.47. The number of benzene rings is 1. The van der Waals surface area contributed by atoms with E-state index in [2.05, 4.69) is 11.9 Å². The van der Waals surface area contributed by atoms with E-state index in [0.717, 1.165) is 13.0 Å². The first-order valence-corrected chi connectivity index (χ1v) is 6.33. The lowest BCUT2D eigenvalue weighted by molar-refractivity contribution is 0.0758. The number of hydrogen-bond acceptors (Lipinski definition) is 3. The molecular weight excluding hydrogens is 228 g/mol. The van der Waals surface area contributed by atoms with Gasteiger partial charge in [-0.25, -0.2) is 0 Å². The molecule has 1 unspecified atom stereocenters. The fraction of sp³-hybridized carbons (Fsp3) is 0.500. The summed E-state index contributed by atoms with van der Waals surface area (Å²) in [5.41, 5.74) is 0.376. The van der Waals surface area contributed by atoms with Crippen LogP contribution < -0.4 is 0 Å². The van der Waals surface area contributed by atoms with Crippen LogP contribution in [0.4, 0.5) is 0 Å². The van der Waals surface area contributed by atoms with Crippen molar-refractivity contribution >= 4 is 5.91 Å². The number of nitrogens with zero attached hydrogens (tertiary/aromatic N) is 2. The first-order chi connectivity index (χ1) is 8.59. The van der Waals surface area contributed by atoms with Gasteiger partial charge >= 0.3 is 0 Å². The van der Waals surface area contributed by atoms with Crippen LogP contribution in [0.25, 0.3) is 0 Å². The Kier molecular flexibility index (Phi) is 3.87. The topological polar surface area (TPSA) is 43.8 Å². The second-order valence-corrected chi connectivity index (χ2v) is 4.98. The first kappa shape index (κ1) is 12.9. The molecule has 0 aliphatic carbocycles. The molecule has 1 fully saturated rings. The van der Waals surface area contributed by atoms with Crippen molar-refractivity contribution < 1.29 is 9.90 Å². The molecule has 1 heterocycles. The highest BCUT2D eigenvalue weighted by molar-refractivity contribution is 5.96. The number of amides is 1. The van der Waals surface area contributed by atoms with Crippen LogP contribution in [-0.2, 0) is 0 Å². The minimum Gasteiger partial charge on any atom is -0.507 e. The summed E-state index contributed by atoms with van der Waals surface area (Å²) in [6.45, 7) is 1.81. The quantitative estimate of drug-likeness (QED) is 0.882. The third-order valence-corrected chi connectivity index (χ3v) is 3.64. The molecule has 0 bridgehead atoms. The predicted molar refractivity (Wildman–Crippen MR) is 70.7 cm³/mol. The van der Waals surface area contributed by atoms with Crippen LogP contribution in [-0.4, -0.2) is 54.0 Å². The van der Waals surface area contributed by atoms with Crippen molar-refractivity contribution in [2.75, 3.05) is 27.2 Å². The van der Waals surface area contributed by atoms with Gasteiger partial charge in [-0.05, 0) is 38.6 Å². The monoisotopic (exact) mass is 248 g/mol. The minimum absolute atomic E-state index is 0.0501. The molecule has 1 saturated heterocycles. The number of aromatic hydroxyl groups is 1. The normalized spacial score (nSPS) is 20.0. The highest BCUT2D eigenvalue weighted by Crippen LogP contribution is 2.20. The Labute approximate surface area is 108 Å². The smallest absolute Gasteiger partial charge is 0.257 e. The highest BCUT2D eigenvalue weighted by Gasteiger charge is 2.24. The van der Waals surface area contributed by atoms with Gasteiger partial charge in [0.2, 0.25) is 0 Å². The van der Waals surface area contributed by atoms with E-state index in [0.29, 0.717) is 18.2 Å². The van der Waals surface area contributed by atoms with Gasteiger partial charge in [-0.1, -0.05) is 12.1 Å². The van der Waals surface area contributed by atoms with Crippen molar-refractivity contribution in [1.29, 1.82) is 0 Å². The van der Waals surface area contributed by atoms with Crippen molar-refractivity contribution in [3.63, 3.8) is 0 Å². The molecule has 18 heavy (non-hydrogen) atoms. The number of rotatable bonds is 3. The summed E-state index contributed by atoms with van der Waals surface area (Å²) in [5.74, 6) is -0.0671. The molecule has 1 aromatic carbocycles. The average molecular weight is 248 g/mol. The van der Waals surface area contributed by atoms with Crippen molar-refractivity contribution in [2.45, 2.75) is 18.9 Å². The molecule has 0 spiro atoms. The van der Waals surface area contributed by atoms with Crippen LogP contribution in [0.2, 0.25) is 0 Å². The Hall–Kier alpha value is -1.55.